The maximum atomic E-state index is 13.2. The molecule has 0 saturated heterocycles. The maximum Gasteiger partial charge on any atom is 0.262 e. The number of aromatic nitrogens is 2. The van der Waals surface area contributed by atoms with Gasteiger partial charge in [0.05, 0.1) is 5.39 Å². The van der Waals surface area contributed by atoms with Crippen molar-refractivity contribution in [1.29, 1.82) is 0 Å². The molecule has 5 nitrogen and oxygen atoms in total. The van der Waals surface area contributed by atoms with Gasteiger partial charge in [0.25, 0.3) is 5.56 Å². The lowest BCUT2D eigenvalue weighted by Gasteiger charge is -2.11. The Labute approximate surface area is 154 Å². The van der Waals surface area contributed by atoms with E-state index in [1.807, 2.05) is 18.4 Å². The number of nitrogens with zero attached hydrogens (tertiary/aromatic N) is 2. The van der Waals surface area contributed by atoms with Crippen molar-refractivity contribution in [3.05, 3.63) is 38.6 Å². The fourth-order valence-electron chi connectivity index (χ4n) is 3.01. The van der Waals surface area contributed by atoms with E-state index in [-0.39, 0.29) is 17.9 Å². The minimum Gasteiger partial charge on any atom is -0.370 e. The van der Waals surface area contributed by atoms with Gasteiger partial charge in [-0.2, -0.15) is 0 Å². The summed E-state index contributed by atoms with van der Waals surface area (Å²) in [4.78, 5) is 32.1. The average molecular weight is 376 g/mol. The van der Waals surface area contributed by atoms with Crippen LogP contribution in [0.15, 0.2) is 22.3 Å². The van der Waals surface area contributed by atoms with Gasteiger partial charge in [-0.3, -0.25) is 14.2 Å². The van der Waals surface area contributed by atoms with Gasteiger partial charge in [-0.05, 0) is 24.3 Å². The van der Waals surface area contributed by atoms with Gasteiger partial charge in [0.1, 0.15) is 10.7 Å². The quantitative estimate of drug-likeness (QED) is 0.685. The first-order valence-electron chi connectivity index (χ1n) is 8.44. The van der Waals surface area contributed by atoms with Crippen molar-refractivity contribution < 1.29 is 4.79 Å². The third-order valence-electron chi connectivity index (χ3n) is 4.17. The van der Waals surface area contributed by atoms with Gasteiger partial charge >= 0.3 is 0 Å². The number of aryl methyl sites for hydroxylation is 2. The minimum absolute atomic E-state index is 0.00864. The number of hydrogen-bond donors (Lipinski definition) is 1. The lowest BCUT2D eigenvalue weighted by atomic mass is 10.1. The Morgan fingerprint density at radius 3 is 2.72 bits per heavy atom. The largest absolute Gasteiger partial charge is 0.370 e. The van der Waals surface area contributed by atoms with Crippen molar-refractivity contribution in [3.8, 4) is 10.4 Å². The first-order chi connectivity index (χ1) is 12.1. The molecule has 3 heterocycles. The van der Waals surface area contributed by atoms with Crippen molar-refractivity contribution >= 4 is 38.8 Å². The van der Waals surface area contributed by atoms with Crippen molar-refractivity contribution in [3.63, 3.8) is 0 Å². The van der Waals surface area contributed by atoms with Gasteiger partial charge in [0, 0.05) is 34.7 Å². The lowest BCUT2D eigenvalue weighted by Crippen LogP contribution is -2.25. The molecule has 25 heavy (non-hydrogen) atoms. The van der Waals surface area contributed by atoms with Crippen LogP contribution in [0.2, 0.25) is 0 Å². The molecule has 0 spiro atoms. The van der Waals surface area contributed by atoms with E-state index in [1.165, 1.54) is 4.88 Å². The number of amides is 1. The van der Waals surface area contributed by atoms with E-state index in [2.05, 4.69) is 13.0 Å². The molecule has 0 atom stereocenters. The van der Waals surface area contributed by atoms with Gasteiger partial charge in [-0.25, -0.2) is 4.98 Å². The molecule has 3 aromatic rings. The van der Waals surface area contributed by atoms with E-state index in [0.29, 0.717) is 24.8 Å². The Kier molecular flexibility index (Phi) is 5.34. The Bertz CT molecular complexity index is 955. The summed E-state index contributed by atoms with van der Waals surface area (Å²) < 4.78 is 1.72. The van der Waals surface area contributed by atoms with E-state index >= 15 is 0 Å². The SMILES string of the molecule is CCc1sc2nc(CC)n(CCCC(N)=O)c(=O)c2c1-c1cccs1. The predicted molar refractivity (Wildman–Crippen MR) is 104 cm³/mol. The number of rotatable bonds is 7. The van der Waals surface area contributed by atoms with Crippen molar-refractivity contribution in [1.82, 2.24) is 9.55 Å². The zero-order valence-electron chi connectivity index (χ0n) is 14.4. The molecule has 3 aromatic heterocycles. The van der Waals surface area contributed by atoms with Crippen molar-refractivity contribution in [2.24, 2.45) is 5.73 Å². The highest BCUT2D eigenvalue weighted by molar-refractivity contribution is 7.20. The first kappa shape index (κ1) is 17.8. The second-order valence-electron chi connectivity index (χ2n) is 5.82. The highest BCUT2D eigenvalue weighted by atomic mass is 32.1. The van der Waals surface area contributed by atoms with Gasteiger partial charge in [0.15, 0.2) is 0 Å². The maximum absolute atomic E-state index is 13.2. The molecule has 0 saturated carbocycles. The van der Waals surface area contributed by atoms with Crippen LogP contribution in [0.25, 0.3) is 20.7 Å². The zero-order chi connectivity index (χ0) is 18.0. The summed E-state index contributed by atoms with van der Waals surface area (Å²) in [5, 5.41) is 2.73. The van der Waals surface area contributed by atoms with Gasteiger partial charge in [-0.1, -0.05) is 19.9 Å². The smallest absolute Gasteiger partial charge is 0.262 e. The molecule has 0 aliphatic heterocycles. The van der Waals surface area contributed by atoms with Crippen molar-refractivity contribution in [2.45, 2.75) is 46.1 Å². The first-order valence-corrected chi connectivity index (χ1v) is 10.1. The molecule has 1 amide bonds. The molecular formula is C18H21N3O2S2. The van der Waals surface area contributed by atoms with Crippen molar-refractivity contribution in [2.75, 3.05) is 0 Å². The molecule has 7 heteroatoms. The summed E-state index contributed by atoms with van der Waals surface area (Å²) in [6.07, 6.45) is 2.37. The number of carbonyl (C=O) groups is 1. The van der Waals surface area contributed by atoms with Crippen LogP contribution < -0.4 is 11.3 Å². The Hall–Kier alpha value is -1.99. The molecule has 0 radical (unpaired) electrons. The van der Waals surface area contributed by atoms with Crippen LogP contribution in [0.5, 0.6) is 0 Å². The zero-order valence-corrected chi connectivity index (χ0v) is 16.0. The monoisotopic (exact) mass is 375 g/mol. The summed E-state index contributed by atoms with van der Waals surface area (Å²) in [6, 6.07) is 4.05. The molecule has 132 valence electrons. The Balaban J connectivity index is 2.20. The molecule has 0 unspecified atom stereocenters. The predicted octanol–water partition coefficient (Wildman–Crippen LogP) is 3.58. The molecule has 0 aromatic carbocycles. The van der Waals surface area contributed by atoms with Gasteiger partial charge in [0.2, 0.25) is 5.91 Å². The molecule has 2 N–H and O–H groups in total. The van der Waals surface area contributed by atoms with Crippen LogP contribution >= 0.6 is 22.7 Å². The number of primary amides is 1. The van der Waals surface area contributed by atoms with Crippen LogP contribution in [0, 0.1) is 0 Å². The third kappa shape index (κ3) is 3.39. The summed E-state index contributed by atoms with van der Waals surface area (Å²) in [6.45, 7) is 4.57. The molecule has 0 aliphatic carbocycles. The van der Waals surface area contributed by atoms with E-state index < -0.39 is 0 Å². The van der Waals surface area contributed by atoms with Crippen LogP contribution in [0.4, 0.5) is 0 Å². The van der Waals surface area contributed by atoms with Gasteiger partial charge < -0.3 is 5.73 Å². The van der Waals surface area contributed by atoms with E-state index in [0.717, 1.165) is 27.5 Å². The van der Waals surface area contributed by atoms with E-state index in [9.17, 15) is 9.59 Å². The summed E-state index contributed by atoms with van der Waals surface area (Å²) in [7, 11) is 0. The fourth-order valence-corrected chi connectivity index (χ4v) is 5.02. The summed E-state index contributed by atoms with van der Waals surface area (Å²) in [5.41, 5.74) is 6.25. The molecule has 0 aliphatic rings. The number of fused-ring (bicyclic) bond motifs is 1. The number of hydrogen-bond acceptors (Lipinski definition) is 5. The second-order valence-corrected chi connectivity index (χ2v) is 7.85. The number of thiophene rings is 2. The summed E-state index contributed by atoms with van der Waals surface area (Å²) in [5.74, 6) is 0.423. The number of carbonyl (C=O) groups excluding carboxylic acids is 1. The topological polar surface area (TPSA) is 78.0 Å². The summed E-state index contributed by atoms with van der Waals surface area (Å²) >= 11 is 3.25. The number of nitrogens with two attached hydrogens (primary N) is 1. The fraction of sp³-hybridized carbons (Fsp3) is 0.389. The van der Waals surface area contributed by atoms with Gasteiger partial charge in [-0.15, -0.1) is 22.7 Å². The second kappa shape index (κ2) is 7.49. The highest BCUT2D eigenvalue weighted by Gasteiger charge is 2.20. The Morgan fingerprint density at radius 1 is 1.32 bits per heavy atom. The average Bonchev–Trinajstić information content (AvgIpc) is 3.22. The highest BCUT2D eigenvalue weighted by Crippen LogP contribution is 2.38. The molecule has 3 rings (SSSR count). The van der Waals surface area contributed by atoms with Crippen LogP contribution in [0.3, 0.4) is 0 Å². The van der Waals surface area contributed by atoms with E-state index in [1.54, 1.807) is 27.2 Å². The van der Waals surface area contributed by atoms with Crippen LogP contribution in [-0.2, 0) is 24.2 Å². The lowest BCUT2D eigenvalue weighted by molar-refractivity contribution is -0.118. The Morgan fingerprint density at radius 2 is 2.12 bits per heavy atom. The molecule has 0 bridgehead atoms. The van der Waals surface area contributed by atoms with E-state index in [4.69, 9.17) is 10.7 Å². The van der Waals surface area contributed by atoms with Crippen LogP contribution in [0.1, 0.15) is 37.4 Å². The minimum atomic E-state index is -0.344. The molecule has 0 fully saturated rings. The standard InChI is InChI=1S/C18H21N3O2S2/c1-3-11-15(12-7-6-10-24-12)16-17(25-11)20-14(4-2)21(18(16)23)9-5-8-13(19)22/h6-7,10H,3-5,8-9H2,1-2H3,(H2,19,22). The normalized spacial score (nSPS) is 11.3. The molecular weight excluding hydrogens is 354 g/mol. The third-order valence-corrected chi connectivity index (χ3v) is 6.29. The van der Waals surface area contributed by atoms with Crippen LogP contribution in [-0.4, -0.2) is 15.5 Å².